The van der Waals surface area contributed by atoms with E-state index in [2.05, 4.69) is 25.6 Å². The number of halogens is 1. The smallest absolute Gasteiger partial charge is 0.274 e. The number of hydrogen-bond donors (Lipinski definition) is 2. The third kappa shape index (κ3) is 5.42. The lowest BCUT2D eigenvalue weighted by Gasteiger charge is -2.35. The number of thioether (sulfide) groups is 1. The second kappa shape index (κ2) is 11.4. The highest BCUT2D eigenvalue weighted by Gasteiger charge is 2.51. The van der Waals surface area contributed by atoms with Gasteiger partial charge in [-0.25, -0.2) is 24.3 Å². The van der Waals surface area contributed by atoms with Gasteiger partial charge in [0.05, 0.1) is 24.5 Å². The van der Waals surface area contributed by atoms with Gasteiger partial charge in [-0.2, -0.15) is 5.26 Å². The van der Waals surface area contributed by atoms with E-state index in [1.807, 2.05) is 35.2 Å². The molecule has 2 N–H and O–H groups in total. The molecule has 4 aromatic rings. The van der Waals surface area contributed by atoms with Crippen LogP contribution in [-0.2, 0) is 5.54 Å². The summed E-state index contributed by atoms with van der Waals surface area (Å²) in [5.41, 5.74) is 1.61. The number of pyridine rings is 1. The van der Waals surface area contributed by atoms with Crippen LogP contribution >= 0.6 is 11.8 Å². The Labute approximate surface area is 244 Å². The number of carbonyl (C=O) groups is 2. The van der Waals surface area contributed by atoms with Crippen molar-refractivity contribution in [3.63, 3.8) is 0 Å². The van der Waals surface area contributed by atoms with Crippen molar-refractivity contribution in [1.82, 2.24) is 20.3 Å². The molecule has 2 aromatic carbocycles. The number of rotatable bonds is 5. The first-order chi connectivity index (χ1) is 20.4. The van der Waals surface area contributed by atoms with Crippen LogP contribution in [-0.4, -0.2) is 50.8 Å². The highest BCUT2D eigenvalue weighted by Crippen LogP contribution is 2.46. The Morgan fingerprint density at radius 3 is 2.52 bits per heavy atom. The summed E-state index contributed by atoms with van der Waals surface area (Å²) in [6.07, 6.45) is 3.61. The van der Waals surface area contributed by atoms with Gasteiger partial charge >= 0.3 is 0 Å². The number of nitriles is 1. The van der Waals surface area contributed by atoms with Crippen LogP contribution in [0, 0.1) is 23.1 Å². The van der Waals surface area contributed by atoms with Crippen molar-refractivity contribution in [2.75, 3.05) is 29.1 Å². The molecular formula is C30H23FN8O2S. The summed E-state index contributed by atoms with van der Waals surface area (Å²) < 4.78 is 13.6. The van der Waals surface area contributed by atoms with E-state index in [-0.39, 0.29) is 17.5 Å². The molecular weight excluding hydrogens is 555 g/mol. The lowest BCUT2D eigenvalue weighted by molar-refractivity contribution is 0.0976. The van der Waals surface area contributed by atoms with E-state index in [0.717, 1.165) is 18.0 Å². The minimum atomic E-state index is -0.810. The summed E-state index contributed by atoms with van der Waals surface area (Å²) in [4.78, 5) is 45.4. The van der Waals surface area contributed by atoms with Gasteiger partial charge in [-0.05, 0) is 42.0 Å². The Bertz CT molecular complexity index is 1710. The fraction of sp³-hybridized carbons (Fsp3) is 0.167. The maximum absolute atomic E-state index is 13.6. The number of fused-ring (bicyclic) bond motifs is 1. The van der Waals surface area contributed by atoms with Gasteiger partial charge < -0.3 is 15.5 Å². The maximum atomic E-state index is 13.6. The van der Waals surface area contributed by atoms with Crippen molar-refractivity contribution in [3.8, 4) is 6.07 Å². The van der Waals surface area contributed by atoms with Crippen LogP contribution in [0.5, 0.6) is 0 Å². The van der Waals surface area contributed by atoms with Crippen LogP contribution in [0.2, 0.25) is 0 Å². The molecule has 0 saturated carbocycles. The average Bonchev–Trinajstić information content (AvgIpc) is 3.42. The summed E-state index contributed by atoms with van der Waals surface area (Å²) in [7, 11) is 0. The number of amidine groups is 1. The molecule has 0 aliphatic carbocycles. The zero-order valence-corrected chi connectivity index (χ0v) is 22.9. The standard InChI is InChI=1S/C30H23FN8O2S/c31-23-14-34-28(35-15-23)39-16-22-17-42-29(37-26(40)20-5-2-1-3-6-20)38-30(22,18-39)21-7-4-8-24(11-21)36-27(41)25-10-9-19(12-32)13-33-25/h1-11,13-15,22H,16-18H2,(H,36,41)(H,37,38,40). The van der Waals surface area contributed by atoms with Crippen LogP contribution in [0.25, 0.3) is 0 Å². The maximum Gasteiger partial charge on any atom is 0.274 e. The molecule has 2 aliphatic heterocycles. The molecule has 12 heteroatoms. The molecule has 0 bridgehead atoms. The van der Waals surface area contributed by atoms with Gasteiger partial charge in [-0.15, -0.1) is 0 Å². The highest BCUT2D eigenvalue weighted by molar-refractivity contribution is 8.13. The first-order valence-electron chi connectivity index (χ1n) is 13.0. The van der Waals surface area contributed by atoms with Crippen LogP contribution in [0.1, 0.15) is 32.0 Å². The second-order valence-corrected chi connectivity index (χ2v) is 10.8. The van der Waals surface area contributed by atoms with Crippen molar-refractivity contribution < 1.29 is 14.0 Å². The molecule has 1 saturated heterocycles. The van der Waals surface area contributed by atoms with Gasteiger partial charge in [0, 0.05) is 35.7 Å². The number of carbonyl (C=O) groups excluding carboxylic acids is 2. The number of nitrogens with zero attached hydrogens (tertiary/aromatic N) is 6. The molecule has 10 nitrogen and oxygen atoms in total. The average molecular weight is 579 g/mol. The largest absolute Gasteiger partial charge is 0.338 e. The van der Waals surface area contributed by atoms with Crippen LogP contribution < -0.4 is 15.5 Å². The molecule has 2 aliphatic rings. The fourth-order valence-corrected chi connectivity index (χ4v) is 6.24. The van der Waals surface area contributed by atoms with E-state index in [9.17, 15) is 14.0 Å². The van der Waals surface area contributed by atoms with E-state index in [1.165, 1.54) is 30.1 Å². The summed E-state index contributed by atoms with van der Waals surface area (Å²) in [6.45, 7) is 0.941. The Morgan fingerprint density at radius 1 is 0.976 bits per heavy atom. The van der Waals surface area contributed by atoms with Crippen LogP contribution in [0.4, 0.5) is 16.0 Å². The van der Waals surface area contributed by atoms with E-state index in [1.54, 1.807) is 30.3 Å². The second-order valence-electron chi connectivity index (χ2n) is 9.83. The number of benzene rings is 2. The Morgan fingerprint density at radius 2 is 1.79 bits per heavy atom. The summed E-state index contributed by atoms with van der Waals surface area (Å²) in [5.74, 6) is -0.168. The first-order valence-corrected chi connectivity index (χ1v) is 14.0. The molecule has 208 valence electrons. The molecule has 2 atom stereocenters. The monoisotopic (exact) mass is 578 g/mol. The highest BCUT2D eigenvalue weighted by atomic mass is 32.2. The lowest BCUT2D eigenvalue weighted by atomic mass is 9.81. The van der Waals surface area contributed by atoms with E-state index >= 15 is 0 Å². The molecule has 0 radical (unpaired) electrons. The van der Waals surface area contributed by atoms with Crippen molar-refractivity contribution in [2.45, 2.75) is 5.54 Å². The number of aromatic nitrogens is 3. The summed E-state index contributed by atoms with van der Waals surface area (Å²) >= 11 is 1.46. The van der Waals surface area contributed by atoms with Gasteiger partial charge in [0.2, 0.25) is 5.95 Å². The number of anilines is 2. The molecule has 6 rings (SSSR count). The molecule has 2 unspecified atom stereocenters. The predicted molar refractivity (Wildman–Crippen MR) is 157 cm³/mol. The number of nitrogens with one attached hydrogen (secondary N) is 2. The predicted octanol–water partition coefficient (Wildman–Crippen LogP) is 4.00. The van der Waals surface area contributed by atoms with E-state index in [4.69, 9.17) is 10.3 Å². The number of hydrogen-bond acceptors (Lipinski definition) is 9. The van der Waals surface area contributed by atoms with Crippen LogP contribution in [0.15, 0.2) is 90.3 Å². The molecule has 2 aromatic heterocycles. The Hall–Kier alpha value is -5.15. The topological polar surface area (TPSA) is 136 Å². The van der Waals surface area contributed by atoms with Gasteiger partial charge in [0.1, 0.15) is 17.3 Å². The third-order valence-electron chi connectivity index (χ3n) is 7.16. The zero-order valence-electron chi connectivity index (χ0n) is 22.1. The van der Waals surface area contributed by atoms with Gasteiger partial charge in [0.25, 0.3) is 11.8 Å². The van der Waals surface area contributed by atoms with E-state index in [0.29, 0.717) is 46.8 Å². The van der Waals surface area contributed by atoms with E-state index < -0.39 is 17.3 Å². The minimum absolute atomic E-state index is 0.000301. The van der Waals surface area contributed by atoms with Gasteiger partial charge in [0.15, 0.2) is 11.0 Å². The fourth-order valence-electron chi connectivity index (χ4n) is 5.10. The lowest BCUT2D eigenvalue weighted by Crippen LogP contribution is -2.42. The molecule has 0 spiro atoms. The normalized spacial score (nSPS) is 19.3. The van der Waals surface area contributed by atoms with Crippen molar-refractivity contribution >= 4 is 40.4 Å². The van der Waals surface area contributed by atoms with Crippen molar-refractivity contribution in [3.05, 3.63) is 114 Å². The Balaban J connectivity index is 1.33. The minimum Gasteiger partial charge on any atom is -0.338 e. The van der Waals surface area contributed by atoms with Crippen LogP contribution in [0.3, 0.4) is 0 Å². The summed E-state index contributed by atoms with van der Waals surface area (Å²) in [5, 5.41) is 15.3. The molecule has 42 heavy (non-hydrogen) atoms. The molecule has 2 amide bonds. The third-order valence-corrected chi connectivity index (χ3v) is 8.20. The zero-order chi connectivity index (χ0) is 29.1. The first kappa shape index (κ1) is 27.0. The van der Waals surface area contributed by atoms with Gasteiger partial charge in [-0.1, -0.05) is 42.1 Å². The number of amides is 2. The molecule has 4 heterocycles. The molecule has 1 fully saturated rings. The van der Waals surface area contributed by atoms with Gasteiger partial charge in [-0.3, -0.25) is 9.59 Å². The quantitative estimate of drug-likeness (QED) is 0.363. The number of aliphatic imine (C=N–C) groups is 1. The summed E-state index contributed by atoms with van der Waals surface area (Å²) in [6, 6.07) is 21.3. The van der Waals surface area contributed by atoms with Crippen molar-refractivity contribution in [2.24, 2.45) is 10.9 Å². The van der Waals surface area contributed by atoms with Crippen molar-refractivity contribution in [1.29, 1.82) is 5.26 Å². The Kier molecular flexibility index (Phi) is 7.33. The SMILES string of the molecule is N#Cc1ccc(C(=O)Nc2cccc(C34CN(c5ncc(F)cn5)CC3CSC(NC(=O)c3ccccc3)=N4)c2)nc1.